The van der Waals surface area contributed by atoms with Crippen molar-refractivity contribution < 1.29 is 4.74 Å². The number of aromatic nitrogens is 1. The molecule has 1 atom stereocenters. The summed E-state index contributed by atoms with van der Waals surface area (Å²) in [5.74, 6) is 0.766. The van der Waals surface area contributed by atoms with Crippen LogP contribution in [0.4, 0.5) is 0 Å². The second-order valence-electron chi connectivity index (χ2n) is 4.69. The normalized spacial score (nSPS) is 19.4. The van der Waals surface area contributed by atoms with Crippen LogP contribution in [0.25, 0.3) is 0 Å². The van der Waals surface area contributed by atoms with Crippen molar-refractivity contribution in [3.63, 3.8) is 0 Å². The molecule has 1 saturated heterocycles. The van der Waals surface area contributed by atoms with Crippen LogP contribution in [0.5, 0.6) is 0 Å². The minimum absolute atomic E-state index is 0.575. The van der Waals surface area contributed by atoms with Gasteiger partial charge in [-0.25, -0.2) is 4.98 Å². The van der Waals surface area contributed by atoms with Crippen LogP contribution in [0.3, 0.4) is 0 Å². The van der Waals surface area contributed by atoms with E-state index in [1.165, 1.54) is 22.7 Å². The fraction of sp³-hybridized carbons (Fsp3) is 0.769. The van der Waals surface area contributed by atoms with Crippen LogP contribution in [0.2, 0.25) is 0 Å². The number of nitrogens with zero attached hydrogens (tertiary/aromatic N) is 1. The molecule has 1 aliphatic heterocycles. The Morgan fingerprint density at radius 2 is 2.29 bits per heavy atom. The molecule has 0 amide bonds. The summed E-state index contributed by atoms with van der Waals surface area (Å²) in [4.78, 5) is 5.73. The predicted octanol–water partition coefficient (Wildman–Crippen LogP) is 2.61. The molecular weight excluding hydrogens is 232 g/mol. The highest BCUT2D eigenvalue weighted by Gasteiger charge is 2.19. The predicted molar refractivity (Wildman–Crippen MR) is 71.3 cm³/mol. The Hall–Kier alpha value is -0.450. The van der Waals surface area contributed by atoms with Crippen molar-refractivity contribution in [2.75, 3.05) is 13.2 Å². The molecule has 1 aliphatic rings. The quantitative estimate of drug-likeness (QED) is 0.877. The van der Waals surface area contributed by atoms with E-state index in [4.69, 9.17) is 4.74 Å². The first-order valence-electron chi connectivity index (χ1n) is 6.54. The second kappa shape index (κ2) is 6.47. The molecule has 1 aromatic rings. The molecular formula is C13H22N2OS. The highest BCUT2D eigenvalue weighted by Crippen LogP contribution is 2.19. The molecule has 0 radical (unpaired) electrons. The highest BCUT2D eigenvalue weighted by atomic mass is 32.1. The minimum Gasteiger partial charge on any atom is -0.381 e. The molecule has 3 nitrogen and oxygen atoms in total. The average Bonchev–Trinajstić information content (AvgIpc) is 2.85. The molecule has 1 aromatic heterocycles. The second-order valence-corrected chi connectivity index (χ2v) is 5.89. The van der Waals surface area contributed by atoms with E-state index in [2.05, 4.69) is 24.1 Å². The molecule has 2 heterocycles. The van der Waals surface area contributed by atoms with Gasteiger partial charge in [0.15, 0.2) is 0 Å². The summed E-state index contributed by atoms with van der Waals surface area (Å²) >= 11 is 1.82. The van der Waals surface area contributed by atoms with Gasteiger partial charge in [-0.3, -0.25) is 0 Å². The minimum atomic E-state index is 0.575. The SMILES string of the molecule is CCc1ncc(CNC(C)C2CCOCC2)s1. The van der Waals surface area contributed by atoms with Gasteiger partial charge < -0.3 is 10.1 Å². The molecule has 0 spiro atoms. The van der Waals surface area contributed by atoms with E-state index in [0.29, 0.717) is 6.04 Å². The van der Waals surface area contributed by atoms with Crippen molar-refractivity contribution in [1.82, 2.24) is 10.3 Å². The Kier molecular flexibility index (Phi) is 4.95. The van der Waals surface area contributed by atoms with E-state index in [-0.39, 0.29) is 0 Å². The molecule has 96 valence electrons. The zero-order chi connectivity index (χ0) is 12.1. The van der Waals surface area contributed by atoms with E-state index < -0.39 is 0 Å². The van der Waals surface area contributed by atoms with Crippen molar-refractivity contribution in [3.05, 3.63) is 16.1 Å². The number of aryl methyl sites for hydroxylation is 1. The van der Waals surface area contributed by atoms with Crippen molar-refractivity contribution in [2.24, 2.45) is 5.92 Å². The summed E-state index contributed by atoms with van der Waals surface area (Å²) in [6.07, 6.45) is 5.43. The zero-order valence-electron chi connectivity index (χ0n) is 10.7. The maximum atomic E-state index is 5.39. The van der Waals surface area contributed by atoms with Gasteiger partial charge in [0.05, 0.1) is 5.01 Å². The van der Waals surface area contributed by atoms with Gasteiger partial charge in [-0.15, -0.1) is 11.3 Å². The lowest BCUT2D eigenvalue weighted by atomic mass is 9.93. The van der Waals surface area contributed by atoms with Crippen molar-refractivity contribution >= 4 is 11.3 Å². The van der Waals surface area contributed by atoms with Gasteiger partial charge in [0.25, 0.3) is 0 Å². The van der Waals surface area contributed by atoms with Crippen LogP contribution in [-0.2, 0) is 17.7 Å². The van der Waals surface area contributed by atoms with Crippen LogP contribution < -0.4 is 5.32 Å². The van der Waals surface area contributed by atoms with Gasteiger partial charge in [0.1, 0.15) is 0 Å². The van der Waals surface area contributed by atoms with Crippen molar-refractivity contribution in [1.29, 1.82) is 0 Å². The lowest BCUT2D eigenvalue weighted by Crippen LogP contribution is -2.36. The number of rotatable bonds is 5. The summed E-state index contributed by atoms with van der Waals surface area (Å²) in [5, 5.41) is 4.86. The maximum absolute atomic E-state index is 5.39. The molecule has 1 N–H and O–H groups in total. The summed E-state index contributed by atoms with van der Waals surface area (Å²) in [7, 11) is 0. The van der Waals surface area contributed by atoms with Crippen LogP contribution in [-0.4, -0.2) is 24.2 Å². The molecule has 0 saturated carbocycles. The first kappa shape index (κ1) is 13.0. The molecule has 0 bridgehead atoms. The molecule has 17 heavy (non-hydrogen) atoms. The molecule has 0 aromatic carbocycles. The number of hydrogen-bond acceptors (Lipinski definition) is 4. The van der Waals surface area contributed by atoms with E-state index in [9.17, 15) is 0 Å². The number of nitrogens with one attached hydrogen (secondary N) is 1. The van der Waals surface area contributed by atoms with E-state index in [1.807, 2.05) is 17.5 Å². The van der Waals surface area contributed by atoms with Gasteiger partial charge in [0, 0.05) is 36.9 Å². The number of thiazole rings is 1. The van der Waals surface area contributed by atoms with Gasteiger partial charge in [-0.2, -0.15) is 0 Å². The Morgan fingerprint density at radius 1 is 1.53 bits per heavy atom. The fourth-order valence-corrected chi connectivity index (χ4v) is 3.05. The van der Waals surface area contributed by atoms with Crippen molar-refractivity contribution in [3.8, 4) is 0 Å². The summed E-state index contributed by atoms with van der Waals surface area (Å²) < 4.78 is 5.39. The van der Waals surface area contributed by atoms with Crippen LogP contribution >= 0.6 is 11.3 Å². The third-order valence-corrected chi connectivity index (χ3v) is 4.62. The third kappa shape index (κ3) is 3.76. The molecule has 0 aliphatic carbocycles. The summed E-state index contributed by atoms with van der Waals surface area (Å²) in [6.45, 7) is 7.25. The van der Waals surface area contributed by atoms with E-state index >= 15 is 0 Å². The Labute approximate surface area is 108 Å². The largest absolute Gasteiger partial charge is 0.381 e. The van der Waals surface area contributed by atoms with Crippen molar-refractivity contribution in [2.45, 2.75) is 45.7 Å². The van der Waals surface area contributed by atoms with Gasteiger partial charge in [0.2, 0.25) is 0 Å². The van der Waals surface area contributed by atoms with E-state index in [0.717, 1.165) is 32.1 Å². The average molecular weight is 254 g/mol. The van der Waals surface area contributed by atoms with Crippen LogP contribution in [0, 0.1) is 5.92 Å². The Balaban J connectivity index is 1.76. The van der Waals surface area contributed by atoms with Crippen LogP contribution in [0.1, 0.15) is 36.6 Å². The highest BCUT2D eigenvalue weighted by molar-refractivity contribution is 7.11. The first-order chi connectivity index (χ1) is 8.29. The molecule has 1 fully saturated rings. The number of ether oxygens (including phenoxy) is 1. The van der Waals surface area contributed by atoms with Gasteiger partial charge >= 0.3 is 0 Å². The third-order valence-electron chi connectivity index (χ3n) is 3.48. The standard InChI is InChI=1S/C13H22N2OS/c1-3-13-15-9-12(17-13)8-14-10(2)11-4-6-16-7-5-11/h9-11,14H,3-8H2,1-2H3. The topological polar surface area (TPSA) is 34.2 Å². The molecule has 1 unspecified atom stereocenters. The van der Waals surface area contributed by atoms with Gasteiger partial charge in [-0.1, -0.05) is 6.92 Å². The Bertz CT molecular complexity index is 334. The number of hydrogen-bond donors (Lipinski definition) is 1. The smallest absolute Gasteiger partial charge is 0.0925 e. The van der Waals surface area contributed by atoms with E-state index in [1.54, 1.807) is 0 Å². The molecule has 2 rings (SSSR count). The first-order valence-corrected chi connectivity index (χ1v) is 7.36. The van der Waals surface area contributed by atoms with Gasteiger partial charge in [-0.05, 0) is 32.1 Å². The lowest BCUT2D eigenvalue weighted by molar-refractivity contribution is 0.0558. The maximum Gasteiger partial charge on any atom is 0.0925 e. The summed E-state index contributed by atoms with van der Waals surface area (Å²) in [5.41, 5.74) is 0. The monoisotopic (exact) mass is 254 g/mol. The van der Waals surface area contributed by atoms with Crippen LogP contribution in [0.15, 0.2) is 6.20 Å². The zero-order valence-corrected chi connectivity index (χ0v) is 11.6. The molecule has 4 heteroatoms. The summed E-state index contributed by atoms with van der Waals surface area (Å²) in [6, 6.07) is 0.575. The Morgan fingerprint density at radius 3 is 2.94 bits per heavy atom. The lowest BCUT2D eigenvalue weighted by Gasteiger charge is -2.28. The fourth-order valence-electron chi connectivity index (χ4n) is 2.24.